The Morgan fingerprint density at radius 3 is 1.94 bits per heavy atom. The van der Waals surface area contributed by atoms with Crippen molar-refractivity contribution in [3.63, 3.8) is 0 Å². The Bertz CT molecular complexity index is 542. The van der Waals surface area contributed by atoms with Crippen LogP contribution in [0.3, 0.4) is 0 Å². The summed E-state index contributed by atoms with van der Waals surface area (Å²) in [4.78, 5) is 23.5. The summed E-state index contributed by atoms with van der Waals surface area (Å²) in [5, 5.41) is 0. The number of unbranched alkanes of at least 4 members (excludes halogenated alkanes) is 13. The quantitative estimate of drug-likeness (QED) is 0.0706. The van der Waals surface area contributed by atoms with E-state index in [-0.39, 0.29) is 24.8 Å². The molecule has 0 bridgehead atoms. The molecule has 0 aromatic carbocycles. The molecule has 33 heavy (non-hydrogen) atoms. The highest BCUT2D eigenvalue weighted by Gasteiger charge is 2.06. The van der Waals surface area contributed by atoms with Crippen LogP contribution in [0.25, 0.3) is 0 Å². The molecule has 0 saturated carbocycles. The van der Waals surface area contributed by atoms with Crippen LogP contribution in [-0.2, 0) is 19.1 Å². The molecule has 0 aliphatic rings. The summed E-state index contributed by atoms with van der Waals surface area (Å²) < 4.78 is 10.4. The average Bonchev–Trinajstić information content (AvgIpc) is 2.81. The van der Waals surface area contributed by atoms with Crippen LogP contribution >= 0.6 is 0 Å². The van der Waals surface area contributed by atoms with Gasteiger partial charge in [0.1, 0.15) is 6.61 Å². The first-order valence-corrected chi connectivity index (χ1v) is 13.6. The Hall–Kier alpha value is -1.76. The van der Waals surface area contributed by atoms with Crippen molar-refractivity contribution in [1.82, 2.24) is 0 Å². The van der Waals surface area contributed by atoms with E-state index in [2.05, 4.69) is 31.8 Å². The first-order chi connectivity index (χ1) is 16.2. The fraction of sp³-hybridized carbons (Fsp3) is 0.793. The van der Waals surface area contributed by atoms with Gasteiger partial charge in [-0.2, -0.15) is 0 Å². The lowest BCUT2D eigenvalue weighted by molar-refractivity contribution is -0.145. The van der Waals surface area contributed by atoms with Crippen LogP contribution in [0.1, 0.15) is 136 Å². The third-order valence-electron chi connectivity index (χ3n) is 5.50. The van der Waals surface area contributed by atoms with Gasteiger partial charge in [0, 0.05) is 25.7 Å². The molecule has 0 aliphatic carbocycles. The predicted octanol–water partition coefficient (Wildman–Crippen LogP) is 8.08. The van der Waals surface area contributed by atoms with Gasteiger partial charge in [0.15, 0.2) is 0 Å². The highest BCUT2D eigenvalue weighted by atomic mass is 16.5. The van der Waals surface area contributed by atoms with Crippen molar-refractivity contribution in [1.29, 1.82) is 0 Å². The Morgan fingerprint density at radius 1 is 0.636 bits per heavy atom. The minimum absolute atomic E-state index is 0.216. The molecule has 0 atom stereocenters. The number of carbonyl (C=O) groups excluding carboxylic acids is 2. The van der Waals surface area contributed by atoms with E-state index in [0.717, 1.165) is 32.1 Å². The minimum atomic E-state index is -0.246. The van der Waals surface area contributed by atoms with Gasteiger partial charge in [0.05, 0.1) is 6.61 Å². The van der Waals surface area contributed by atoms with Crippen LogP contribution in [0.5, 0.6) is 0 Å². The first-order valence-electron chi connectivity index (χ1n) is 13.6. The van der Waals surface area contributed by atoms with Gasteiger partial charge in [-0.15, -0.1) is 11.8 Å². The van der Waals surface area contributed by atoms with E-state index >= 15 is 0 Å². The monoisotopic (exact) mass is 462 g/mol. The molecule has 0 amide bonds. The van der Waals surface area contributed by atoms with Crippen LogP contribution in [0, 0.1) is 11.8 Å². The molecule has 0 rings (SSSR count). The molecular weight excluding hydrogens is 412 g/mol. The fourth-order valence-electron chi connectivity index (χ4n) is 3.49. The average molecular weight is 463 g/mol. The summed E-state index contributed by atoms with van der Waals surface area (Å²) >= 11 is 0. The molecule has 0 N–H and O–H groups in total. The topological polar surface area (TPSA) is 52.6 Å². The maximum atomic E-state index is 11.7. The number of carbonyl (C=O) groups is 2. The van der Waals surface area contributed by atoms with Crippen molar-refractivity contribution in [2.45, 2.75) is 136 Å². The Labute approximate surface area is 204 Å². The van der Waals surface area contributed by atoms with Crippen molar-refractivity contribution >= 4 is 11.9 Å². The summed E-state index contributed by atoms with van der Waals surface area (Å²) in [5.41, 5.74) is 0. The molecule has 0 saturated heterocycles. The Kier molecular flexibility index (Phi) is 25.1. The lowest BCUT2D eigenvalue weighted by atomic mass is 10.1. The SMILES string of the molecule is CCC#CCCCCCCCCOC(=O)CCCC(=O)OC/C=C/CCCCCCCCC. The minimum Gasteiger partial charge on any atom is -0.466 e. The molecule has 0 unspecified atom stereocenters. The van der Waals surface area contributed by atoms with Crippen molar-refractivity contribution in [2.24, 2.45) is 0 Å². The number of hydrogen-bond acceptors (Lipinski definition) is 4. The van der Waals surface area contributed by atoms with Gasteiger partial charge < -0.3 is 9.47 Å². The number of hydrogen-bond donors (Lipinski definition) is 0. The standard InChI is InChI=1S/C29H50O4/c1-3-5-7-9-11-13-15-17-19-21-26-32-28(30)24-23-25-29(31)33-27-22-20-18-16-14-12-10-8-6-4-2/h19,21H,3-5,7,9-18,20,22-27H2,1-2H3/b21-19+. The lowest BCUT2D eigenvalue weighted by Crippen LogP contribution is -2.08. The van der Waals surface area contributed by atoms with E-state index in [1.54, 1.807) is 0 Å². The summed E-state index contributed by atoms with van der Waals surface area (Å²) in [6, 6.07) is 0. The summed E-state index contributed by atoms with van der Waals surface area (Å²) in [6.07, 6.45) is 24.0. The van der Waals surface area contributed by atoms with E-state index < -0.39 is 0 Å². The van der Waals surface area contributed by atoms with Crippen LogP contribution in [0.15, 0.2) is 12.2 Å². The third-order valence-corrected chi connectivity index (χ3v) is 5.50. The molecule has 4 nitrogen and oxygen atoms in total. The summed E-state index contributed by atoms with van der Waals surface area (Å²) in [6.45, 7) is 5.12. The van der Waals surface area contributed by atoms with Gasteiger partial charge >= 0.3 is 11.9 Å². The highest BCUT2D eigenvalue weighted by Crippen LogP contribution is 2.09. The molecule has 0 aromatic rings. The van der Waals surface area contributed by atoms with Crippen LogP contribution in [0.4, 0.5) is 0 Å². The lowest BCUT2D eigenvalue weighted by Gasteiger charge is -2.05. The zero-order chi connectivity index (χ0) is 24.2. The van der Waals surface area contributed by atoms with Crippen LogP contribution in [0.2, 0.25) is 0 Å². The maximum Gasteiger partial charge on any atom is 0.306 e. The molecule has 0 radical (unpaired) electrons. The normalized spacial score (nSPS) is 10.7. The molecule has 0 spiro atoms. The van der Waals surface area contributed by atoms with Gasteiger partial charge in [-0.1, -0.05) is 90.2 Å². The number of esters is 2. The van der Waals surface area contributed by atoms with Gasteiger partial charge in [0.25, 0.3) is 0 Å². The molecule has 0 aliphatic heterocycles. The molecule has 0 aromatic heterocycles. The van der Waals surface area contributed by atoms with E-state index in [9.17, 15) is 9.59 Å². The van der Waals surface area contributed by atoms with Gasteiger partial charge in [-0.3, -0.25) is 9.59 Å². The van der Waals surface area contributed by atoms with E-state index in [1.165, 1.54) is 70.6 Å². The van der Waals surface area contributed by atoms with Gasteiger partial charge in [-0.25, -0.2) is 0 Å². The zero-order valence-electron chi connectivity index (χ0n) is 21.6. The summed E-state index contributed by atoms with van der Waals surface area (Å²) in [7, 11) is 0. The molecule has 0 fully saturated rings. The second-order valence-corrected chi connectivity index (χ2v) is 8.72. The zero-order valence-corrected chi connectivity index (χ0v) is 21.6. The Morgan fingerprint density at radius 2 is 1.24 bits per heavy atom. The van der Waals surface area contributed by atoms with Crippen LogP contribution < -0.4 is 0 Å². The largest absolute Gasteiger partial charge is 0.466 e. The third kappa shape index (κ3) is 26.4. The van der Waals surface area contributed by atoms with Crippen molar-refractivity contribution in [3.05, 3.63) is 12.2 Å². The van der Waals surface area contributed by atoms with E-state index in [1.807, 2.05) is 6.08 Å². The molecular formula is C29H50O4. The number of allylic oxidation sites excluding steroid dienone is 1. The first kappa shape index (κ1) is 31.2. The van der Waals surface area contributed by atoms with Crippen LogP contribution in [-0.4, -0.2) is 25.2 Å². The number of rotatable bonds is 22. The molecule has 0 heterocycles. The van der Waals surface area contributed by atoms with Crippen molar-refractivity contribution in [3.8, 4) is 11.8 Å². The highest BCUT2D eigenvalue weighted by molar-refractivity contribution is 5.72. The van der Waals surface area contributed by atoms with Gasteiger partial charge in [0.2, 0.25) is 0 Å². The summed E-state index contributed by atoms with van der Waals surface area (Å²) in [5.74, 6) is 5.80. The second kappa shape index (κ2) is 26.5. The maximum absolute atomic E-state index is 11.7. The van der Waals surface area contributed by atoms with E-state index in [0.29, 0.717) is 19.6 Å². The van der Waals surface area contributed by atoms with Gasteiger partial charge in [-0.05, 0) is 32.1 Å². The second-order valence-electron chi connectivity index (χ2n) is 8.72. The Balaban J connectivity index is 3.39. The molecule has 190 valence electrons. The smallest absolute Gasteiger partial charge is 0.306 e. The fourth-order valence-corrected chi connectivity index (χ4v) is 3.49. The molecule has 4 heteroatoms. The number of ether oxygens (including phenoxy) is 2. The van der Waals surface area contributed by atoms with E-state index in [4.69, 9.17) is 9.47 Å². The van der Waals surface area contributed by atoms with Crippen molar-refractivity contribution < 1.29 is 19.1 Å². The van der Waals surface area contributed by atoms with Crippen molar-refractivity contribution in [2.75, 3.05) is 13.2 Å². The predicted molar refractivity (Wildman–Crippen MR) is 138 cm³/mol.